The maximum atomic E-state index is 12.9. The summed E-state index contributed by atoms with van der Waals surface area (Å²) in [5.41, 5.74) is 0.805. The minimum Gasteiger partial charge on any atom is -0.494 e. The lowest BCUT2D eigenvalue weighted by Gasteiger charge is -2.33. The van der Waals surface area contributed by atoms with Crippen LogP contribution < -0.4 is 14.4 Å². The summed E-state index contributed by atoms with van der Waals surface area (Å²) in [4.78, 5) is 38.8. The Morgan fingerprint density at radius 3 is 2.74 bits per heavy atom. The maximum Gasteiger partial charge on any atom is 0.325 e. The monoisotopic (exact) mass is 425 g/mol. The predicted octanol–water partition coefficient (Wildman–Crippen LogP) is 2.19. The van der Waals surface area contributed by atoms with Crippen LogP contribution in [0.15, 0.2) is 42.9 Å². The Morgan fingerprint density at radius 1 is 1.16 bits per heavy atom. The molecule has 1 atom stereocenters. The second kappa shape index (κ2) is 9.63. The Balaban J connectivity index is 1.31. The standard InChI is InChI=1S/C22H27N5O4/c1-2-30-18-7-5-17(6-8-18)27-13-12-26(22(27)29)15-21(28)25-11-3-4-19(14-25)31-20-9-10-23-16-24-20/h5-10,16,19H,2-4,11-15H2,1H3. The van der Waals surface area contributed by atoms with Crippen molar-refractivity contribution < 1.29 is 19.1 Å². The van der Waals surface area contributed by atoms with Crippen molar-refractivity contribution in [3.8, 4) is 11.6 Å². The maximum absolute atomic E-state index is 12.9. The highest BCUT2D eigenvalue weighted by Crippen LogP contribution is 2.24. The van der Waals surface area contributed by atoms with Gasteiger partial charge in [0.05, 0.1) is 13.2 Å². The van der Waals surface area contributed by atoms with Gasteiger partial charge < -0.3 is 19.3 Å². The predicted molar refractivity (Wildman–Crippen MR) is 114 cm³/mol. The number of benzene rings is 1. The molecule has 9 heteroatoms. The van der Waals surface area contributed by atoms with E-state index in [1.165, 1.54) is 6.33 Å². The first-order chi connectivity index (χ1) is 15.1. The van der Waals surface area contributed by atoms with Crippen LogP contribution in [0.25, 0.3) is 0 Å². The molecule has 3 amide bonds. The molecular weight excluding hydrogens is 398 g/mol. The summed E-state index contributed by atoms with van der Waals surface area (Å²) in [5.74, 6) is 1.22. The smallest absolute Gasteiger partial charge is 0.325 e. The van der Waals surface area contributed by atoms with Crippen molar-refractivity contribution in [2.24, 2.45) is 0 Å². The van der Waals surface area contributed by atoms with Gasteiger partial charge in [-0.2, -0.15) is 0 Å². The first-order valence-electron chi connectivity index (χ1n) is 10.6. The molecule has 1 aromatic carbocycles. The van der Waals surface area contributed by atoms with Crippen LogP contribution in [0.5, 0.6) is 11.6 Å². The number of aromatic nitrogens is 2. The Kier molecular flexibility index (Phi) is 6.49. The number of amides is 3. The molecule has 0 radical (unpaired) electrons. The second-order valence-corrected chi connectivity index (χ2v) is 7.55. The van der Waals surface area contributed by atoms with Gasteiger partial charge in [0.2, 0.25) is 11.8 Å². The first-order valence-corrected chi connectivity index (χ1v) is 10.6. The van der Waals surface area contributed by atoms with Crippen LogP contribution in [0.4, 0.5) is 10.5 Å². The van der Waals surface area contributed by atoms with E-state index in [0.29, 0.717) is 38.7 Å². The summed E-state index contributed by atoms with van der Waals surface area (Å²) >= 11 is 0. The number of piperidine rings is 1. The molecule has 164 valence electrons. The topological polar surface area (TPSA) is 88.1 Å². The third kappa shape index (κ3) is 5.04. The molecule has 0 bridgehead atoms. The van der Waals surface area contributed by atoms with Crippen LogP contribution >= 0.6 is 0 Å². The number of hydrogen-bond donors (Lipinski definition) is 0. The minimum absolute atomic E-state index is 0.0575. The van der Waals surface area contributed by atoms with Crippen molar-refractivity contribution >= 4 is 17.6 Å². The average Bonchev–Trinajstić information content (AvgIpc) is 3.15. The van der Waals surface area contributed by atoms with Crippen LogP contribution in [0.3, 0.4) is 0 Å². The van der Waals surface area contributed by atoms with E-state index in [4.69, 9.17) is 9.47 Å². The number of rotatable bonds is 7. The SMILES string of the molecule is CCOc1ccc(N2CCN(CC(=O)N3CCCC(Oc4ccncn4)C3)C2=O)cc1. The molecule has 2 aliphatic rings. The van der Waals surface area contributed by atoms with Gasteiger partial charge in [0.1, 0.15) is 24.7 Å². The highest BCUT2D eigenvalue weighted by atomic mass is 16.5. The molecule has 31 heavy (non-hydrogen) atoms. The molecular formula is C22H27N5O4. The third-order valence-electron chi connectivity index (χ3n) is 5.45. The van der Waals surface area contributed by atoms with Crippen LogP contribution in [0.1, 0.15) is 19.8 Å². The third-order valence-corrected chi connectivity index (χ3v) is 5.45. The van der Waals surface area contributed by atoms with Crippen LogP contribution in [-0.2, 0) is 4.79 Å². The number of ether oxygens (including phenoxy) is 2. The van der Waals surface area contributed by atoms with Gasteiger partial charge in [-0.05, 0) is 44.0 Å². The van der Waals surface area contributed by atoms with Gasteiger partial charge in [-0.3, -0.25) is 9.69 Å². The Labute approximate surface area is 181 Å². The zero-order valence-electron chi connectivity index (χ0n) is 17.6. The second-order valence-electron chi connectivity index (χ2n) is 7.55. The molecule has 1 unspecified atom stereocenters. The first kappa shape index (κ1) is 20.9. The van der Waals surface area contributed by atoms with Crippen molar-refractivity contribution in [1.29, 1.82) is 0 Å². The normalized spacial score (nSPS) is 18.9. The molecule has 0 aliphatic carbocycles. The van der Waals surface area contributed by atoms with Crippen molar-refractivity contribution in [3.63, 3.8) is 0 Å². The molecule has 0 saturated carbocycles. The number of carbonyl (C=O) groups excluding carboxylic acids is 2. The van der Waals surface area contributed by atoms with E-state index in [-0.39, 0.29) is 24.6 Å². The summed E-state index contributed by atoms with van der Waals surface area (Å²) in [5, 5.41) is 0. The van der Waals surface area contributed by atoms with Gasteiger partial charge in [-0.15, -0.1) is 0 Å². The van der Waals surface area contributed by atoms with Crippen LogP contribution in [0.2, 0.25) is 0 Å². The minimum atomic E-state index is -0.150. The summed E-state index contributed by atoms with van der Waals surface area (Å²) in [6.07, 6.45) is 4.68. The zero-order chi connectivity index (χ0) is 21.6. The highest BCUT2D eigenvalue weighted by Gasteiger charge is 2.33. The molecule has 4 rings (SSSR count). The molecule has 1 aromatic heterocycles. The van der Waals surface area contributed by atoms with Gasteiger partial charge in [0, 0.05) is 37.6 Å². The molecule has 2 aromatic rings. The quantitative estimate of drug-likeness (QED) is 0.676. The van der Waals surface area contributed by atoms with Gasteiger partial charge in [-0.25, -0.2) is 14.8 Å². The van der Waals surface area contributed by atoms with Crippen LogP contribution in [-0.4, -0.2) is 77.1 Å². The number of hydrogen-bond acceptors (Lipinski definition) is 6. The van der Waals surface area contributed by atoms with E-state index in [2.05, 4.69) is 9.97 Å². The lowest BCUT2D eigenvalue weighted by atomic mass is 10.1. The number of nitrogens with zero attached hydrogens (tertiary/aromatic N) is 5. The van der Waals surface area contributed by atoms with Crippen molar-refractivity contribution in [1.82, 2.24) is 19.8 Å². The van der Waals surface area contributed by atoms with E-state index in [1.54, 1.807) is 27.0 Å². The van der Waals surface area contributed by atoms with E-state index in [0.717, 1.165) is 24.3 Å². The van der Waals surface area contributed by atoms with Gasteiger partial charge >= 0.3 is 6.03 Å². The number of anilines is 1. The fraction of sp³-hybridized carbons (Fsp3) is 0.455. The number of likely N-dealkylation sites (tertiary alicyclic amines) is 1. The molecule has 2 saturated heterocycles. The largest absolute Gasteiger partial charge is 0.494 e. The summed E-state index contributed by atoms with van der Waals surface area (Å²) < 4.78 is 11.3. The lowest BCUT2D eigenvalue weighted by Crippen LogP contribution is -2.48. The van der Waals surface area contributed by atoms with Crippen molar-refractivity contribution in [2.75, 3.05) is 44.2 Å². The average molecular weight is 425 g/mol. The fourth-order valence-electron chi connectivity index (χ4n) is 3.90. The van der Waals surface area contributed by atoms with Gasteiger partial charge in [-0.1, -0.05) is 0 Å². The molecule has 0 spiro atoms. The van der Waals surface area contributed by atoms with E-state index in [9.17, 15) is 9.59 Å². The Hall–Kier alpha value is -3.36. The van der Waals surface area contributed by atoms with Gasteiger partial charge in [0.25, 0.3) is 0 Å². The van der Waals surface area contributed by atoms with E-state index < -0.39 is 0 Å². The van der Waals surface area contributed by atoms with E-state index >= 15 is 0 Å². The zero-order valence-corrected chi connectivity index (χ0v) is 17.6. The highest BCUT2D eigenvalue weighted by molar-refractivity contribution is 5.96. The van der Waals surface area contributed by atoms with E-state index in [1.807, 2.05) is 31.2 Å². The van der Waals surface area contributed by atoms with Crippen molar-refractivity contribution in [2.45, 2.75) is 25.9 Å². The molecule has 3 heterocycles. The molecule has 2 fully saturated rings. The molecule has 0 N–H and O–H groups in total. The number of urea groups is 1. The van der Waals surface area contributed by atoms with Crippen molar-refractivity contribution in [3.05, 3.63) is 42.9 Å². The number of carbonyl (C=O) groups is 2. The fourth-order valence-corrected chi connectivity index (χ4v) is 3.90. The Morgan fingerprint density at radius 2 is 2.00 bits per heavy atom. The summed E-state index contributed by atoms with van der Waals surface area (Å²) in [7, 11) is 0. The molecule has 2 aliphatic heterocycles. The summed E-state index contributed by atoms with van der Waals surface area (Å²) in [6, 6.07) is 9.00. The summed E-state index contributed by atoms with van der Waals surface area (Å²) in [6.45, 7) is 4.85. The molecule has 9 nitrogen and oxygen atoms in total. The van der Waals surface area contributed by atoms with Gasteiger partial charge in [0.15, 0.2) is 0 Å². The lowest BCUT2D eigenvalue weighted by molar-refractivity contribution is -0.134. The Bertz CT molecular complexity index is 893. The van der Waals surface area contributed by atoms with Crippen LogP contribution in [0, 0.1) is 0 Å².